The van der Waals surface area contributed by atoms with Crippen LogP contribution >= 0.6 is 0 Å². The molecule has 21 heavy (non-hydrogen) atoms. The number of esters is 1. The van der Waals surface area contributed by atoms with Crippen LogP contribution in [-0.2, 0) is 11.3 Å². The number of methoxy groups -OCH3 is 1. The van der Waals surface area contributed by atoms with Crippen molar-refractivity contribution in [2.24, 2.45) is 0 Å². The van der Waals surface area contributed by atoms with E-state index in [0.29, 0.717) is 18.1 Å². The summed E-state index contributed by atoms with van der Waals surface area (Å²) in [6.07, 6.45) is 0. The molecule has 0 amide bonds. The summed E-state index contributed by atoms with van der Waals surface area (Å²) in [6, 6.07) is 5.66. The Balaban J connectivity index is 1.91. The molecule has 0 spiro atoms. The highest BCUT2D eigenvalue weighted by atomic mass is 16.7. The molecule has 0 radical (unpaired) electrons. The van der Waals surface area contributed by atoms with Crippen LogP contribution in [0.4, 0.5) is 5.82 Å². The smallest absolute Gasteiger partial charge is 0.360 e. The van der Waals surface area contributed by atoms with Crippen molar-refractivity contribution >= 4 is 11.8 Å². The maximum atomic E-state index is 11.6. The highest BCUT2D eigenvalue weighted by Crippen LogP contribution is 2.33. The molecule has 1 aliphatic heterocycles. The summed E-state index contributed by atoms with van der Waals surface area (Å²) in [5.41, 5.74) is 7.09. The van der Waals surface area contributed by atoms with E-state index in [-0.39, 0.29) is 18.3 Å². The van der Waals surface area contributed by atoms with E-state index in [9.17, 15) is 4.79 Å². The highest BCUT2D eigenvalue weighted by Gasteiger charge is 2.20. The zero-order valence-corrected chi connectivity index (χ0v) is 11.8. The second kappa shape index (κ2) is 5.01. The molecule has 3 rings (SSSR count). The van der Waals surface area contributed by atoms with E-state index in [1.165, 1.54) is 7.11 Å². The first-order valence-electron chi connectivity index (χ1n) is 6.39. The molecule has 0 unspecified atom stereocenters. The van der Waals surface area contributed by atoms with Crippen molar-refractivity contribution in [1.82, 2.24) is 9.55 Å². The van der Waals surface area contributed by atoms with Gasteiger partial charge in [0.05, 0.1) is 13.7 Å². The quantitative estimate of drug-likeness (QED) is 0.858. The third kappa shape index (κ3) is 2.26. The fraction of sp³-hybridized carbons (Fsp3) is 0.286. The lowest BCUT2D eigenvalue weighted by Gasteiger charge is -2.08. The summed E-state index contributed by atoms with van der Waals surface area (Å²) in [5.74, 6) is 1.82. The number of nitrogen functional groups attached to an aromatic ring is 1. The van der Waals surface area contributed by atoms with Gasteiger partial charge in [0.2, 0.25) is 6.79 Å². The van der Waals surface area contributed by atoms with Crippen LogP contribution < -0.4 is 15.2 Å². The first-order valence-corrected chi connectivity index (χ1v) is 6.39. The van der Waals surface area contributed by atoms with Crippen molar-refractivity contribution in [3.05, 3.63) is 35.3 Å². The molecule has 1 aliphatic rings. The molecule has 2 aromatic rings. The van der Waals surface area contributed by atoms with E-state index in [4.69, 9.17) is 15.2 Å². The molecule has 1 aromatic heterocycles. The Hall–Kier alpha value is -2.70. The summed E-state index contributed by atoms with van der Waals surface area (Å²) in [5, 5.41) is 0. The van der Waals surface area contributed by atoms with Crippen molar-refractivity contribution < 1.29 is 19.0 Å². The molecular formula is C14H15N3O4. The molecule has 2 N–H and O–H groups in total. The number of aryl methyl sites for hydroxylation is 1. The van der Waals surface area contributed by atoms with Gasteiger partial charge in [0.15, 0.2) is 17.2 Å². The number of carbonyl (C=O) groups excluding carboxylic acids is 1. The van der Waals surface area contributed by atoms with Gasteiger partial charge >= 0.3 is 5.97 Å². The molecule has 0 aliphatic carbocycles. The Morgan fingerprint density at radius 3 is 2.95 bits per heavy atom. The summed E-state index contributed by atoms with van der Waals surface area (Å²) in [7, 11) is 1.30. The number of nitrogens with zero attached hydrogens (tertiary/aromatic N) is 2. The lowest BCUT2D eigenvalue weighted by molar-refractivity contribution is 0.0595. The normalized spacial score (nSPS) is 12.5. The average molecular weight is 289 g/mol. The van der Waals surface area contributed by atoms with Gasteiger partial charge in [0.25, 0.3) is 0 Å². The summed E-state index contributed by atoms with van der Waals surface area (Å²) >= 11 is 0. The average Bonchev–Trinajstić information content (AvgIpc) is 3.05. The minimum atomic E-state index is -0.542. The van der Waals surface area contributed by atoms with Crippen LogP contribution in [0.15, 0.2) is 18.2 Å². The topological polar surface area (TPSA) is 88.6 Å². The Kier molecular flexibility index (Phi) is 3.17. The molecule has 2 heterocycles. The number of carbonyl (C=O) groups is 1. The SMILES string of the molecule is COC(=O)c1nc(C)n(Cc2ccc3c(c2)OCO3)c1N. The van der Waals surface area contributed by atoms with Gasteiger partial charge in [-0.05, 0) is 24.6 Å². The minimum absolute atomic E-state index is 0.135. The van der Waals surface area contributed by atoms with Crippen molar-refractivity contribution in [2.75, 3.05) is 19.6 Å². The van der Waals surface area contributed by atoms with Gasteiger partial charge in [0.1, 0.15) is 11.6 Å². The first-order chi connectivity index (χ1) is 10.1. The van der Waals surface area contributed by atoms with Crippen molar-refractivity contribution in [1.29, 1.82) is 0 Å². The largest absolute Gasteiger partial charge is 0.464 e. The van der Waals surface area contributed by atoms with Gasteiger partial charge in [-0.25, -0.2) is 9.78 Å². The summed E-state index contributed by atoms with van der Waals surface area (Å²) < 4.78 is 17.0. The van der Waals surface area contributed by atoms with Gasteiger partial charge in [0, 0.05) is 0 Å². The van der Waals surface area contributed by atoms with Crippen molar-refractivity contribution in [3.63, 3.8) is 0 Å². The predicted molar refractivity (Wildman–Crippen MR) is 74.4 cm³/mol. The summed E-state index contributed by atoms with van der Waals surface area (Å²) in [6.45, 7) is 2.51. The van der Waals surface area contributed by atoms with Gasteiger partial charge in [-0.15, -0.1) is 0 Å². The summed E-state index contributed by atoms with van der Waals surface area (Å²) in [4.78, 5) is 15.7. The highest BCUT2D eigenvalue weighted by molar-refractivity contribution is 5.92. The molecule has 1 aromatic carbocycles. The van der Waals surface area contributed by atoms with Crippen LogP contribution in [0.5, 0.6) is 11.5 Å². The van der Waals surface area contributed by atoms with Gasteiger partial charge in [-0.3, -0.25) is 0 Å². The third-order valence-corrected chi connectivity index (χ3v) is 3.35. The van der Waals surface area contributed by atoms with E-state index in [2.05, 4.69) is 9.72 Å². The van der Waals surface area contributed by atoms with Crippen LogP contribution in [-0.4, -0.2) is 29.4 Å². The van der Waals surface area contributed by atoms with Crippen LogP contribution in [0.1, 0.15) is 21.9 Å². The third-order valence-electron chi connectivity index (χ3n) is 3.35. The molecule has 7 nitrogen and oxygen atoms in total. The zero-order valence-electron chi connectivity index (χ0n) is 11.8. The number of nitrogens with two attached hydrogens (primary N) is 1. The second-order valence-corrected chi connectivity index (χ2v) is 4.66. The van der Waals surface area contributed by atoms with Gasteiger partial charge in [-0.1, -0.05) is 6.07 Å². The molecule has 110 valence electrons. The number of benzene rings is 1. The number of fused-ring (bicyclic) bond motifs is 1. The standard InChI is InChI=1S/C14H15N3O4/c1-8-16-12(14(18)19-2)13(15)17(8)6-9-3-4-10-11(5-9)21-7-20-10/h3-5H,6-7,15H2,1-2H3. The Morgan fingerprint density at radius 2 is 2.19 bits per heavy atom. The number of imidazole rings is 1. The number of ether oxygens (including phenoxy) is 3. The molecule has 0 saturated carbocycles. The zero-order chi connectivity index (χ0) is 15.0. The number of anilines is 1. The van der Waals surface area contributed by atoms with E-state index in [1.807, 2.05) is 18.2 Å². The molecule has 0 fully saturated rings. The van der Waals surface area contributed by atoms with Gasteiger partial charge < -0.3 is 24.5 Å². The predicted octanol–water partition coefficient (Wildman–Crippen LogP) is 1.34. The van der Waals surface area contributed by atoms with Crippen LogP contribution in [0.2, 0.25) is 0 Å². The Morgan fingerprint density at radius 1 is 1.43 bits per heavy atom. The number of rotatable bonds is 3. The molecular weight excluding hydrogens is 274 g/mol. The second-order valence-electron chi connectivity index (χ2n) is 4.66. The van der Waals surface area contributed by atoms with Crippen molar-refractivity contribution in [3.8, 4) is 11.5 Å². The Bertz CT molecular complexity index is 708. The Labute approximate surface area is 121 Å². The maximum absolute atomic E-state index is 11.6. The lowest BCUT2D eigenvalue weighted by atomic mass is 10.2. The van der Waals surface area contributed by atoms with E-state index in [0.717, 1.165) is 11.3 Å². The van der Waals surface area contributed by atoms with Gasteiger partial charge in [-0.2, -0.15) is 0 Å². The fourth-order valence-electron chi connectivity index (χ4n) is 2.25. The van der Waals surface area contributed by atoms with Crippen LogP contribution in [0.3, 0.4) is 0 Å². The molecule has 0 bridgehead atoms. The number of hydrogen-bond donors (Lipinski definition) is 1. The number of hydrogen-bond acceptors (Lipinski definition) is 6. The lowest BCUT2D eigenvalue weighted by Crippen LogP contribution is -2.09. The maximum Gasteiger partial charge on any atom is 0.360 e. The fourth-order valence-corrected chi connectivity index (χ4v) is 2.25. The van der Waals surface area contributed by atoms with Crippen LogP contribution in [0, 0.1) is 6.92 Å². The minimum Gasteiger partial charge on any atom is -0.464 e. The van der Waals surface area contributed by atoms with Crippen molar-refractivity contribution in [2.45, 2.75) is 13.5 Å². The molecule has 7 heteroatoms. The van der Waals surface area contributed by atoms with E-state index >= 15 is 0 Å². The molecule has 0 atom stereocenters. The molecule has 0 saturated heterocycles. The monoisotopic (exact) mass is 289 g/mol. The van der Waals surface area contributed by atoms with Crippen LogP contribution in [0.25, 0.3) is 0 Å². The van der Waals surface area contributed by atoms with E-state index in [1.54, 1.807) is 11.5 Å². The number of aromatic nitrogens is 2. The first kappa shape index (κ1) is 13.3. The van der Waals surface area contributed by atoms with E-state index < -0.39 is 5.97 Å².